The summed E-state index contributed by atoms with van der Waals surface area (Å²) in [6.07, 6.45) is 1.95. The average Bonchev–Trinajstić information content (AvgIpc) is 3.17. The van der Waals surface area contributed by atoms with Crippen molar-refractivity contribution >= 4 is 29.3 Å². The summed E-state index contributed by atoms with van der Waals surface area (Å²) in [5, 5.41) is 19.0. The number of nitrogens with zero attached hydrogens (tertiary/aromatic N) is 3. The minimum absolute atomic E-state index is 0.0275. The zero-order valence-corrected chi connectivity index (χ0v) is 15.4. The number of halogens is 1. The van der Waals surface area contributed by atoms with E-state index in [2.05, 4.69) is 10.2 Å². The molecule has 0 bridgehead atoms. The summed E-state index contributed by atoms with van der Waals surface area (Å²) >= 11 is 5.94. The maximum Gasteiger partial charge on any atom is 0.331 e. The van der Waals surface area contributed by atoms with Crippen molar-refractivity contribution in [1.82, 2.24) is 10.2 Å². The highest BCUT2D eigenvalue weighted by molar-refractivity contribution is 6.30. The molecule has 0 saturated carbocycles. The van der Waals surface area contributed by atoms with Crippen molar-refractivity contribution in [2.75, 3.05) is 0 Å². The maximum atomic E-state index is 12.0. The molecule has 1 heterocycles. The first kappa shape index (κ1) is 19.2. The molecule has 0 spiro atoms. The van der Waals surface area contributed by atoms with E-state index < -0.39 is 17.0 Å². The van der Waals surface area contributed by atoms with E-state index in [1.807, 2.05) is 0 Å². The number of non-ortho nitro benzene ring substituents is 1. The third kappa shape index (κ3) is 4.80. The first-order valence-corrected chi connectivity index (χ1v) is 8.52. The van der Waals surface area contributed by atoms with Gasteiger partial charge in [0.05, 0.1) is 4.92 Å². The highest BCUT2D eigenvalue weighted by Gasteiger charge is 2.18. The summed E-state index contributed by atoms with van der Waals surface area (Å²) in [6.45, 7) is 1.60. The van der Waals surface area contributed by atoms with Gasteiger partial charge in [-0.1, -0.05) is 17.7 Å². The molecule has 2 aromatic carbocycles. The van der Waals surface area contributed by atoms with Crippen molar-refractivity contribution in [3.8, 4) is 11.5 Å². The van der Waals surface area contributed by atoms with Gasteiger partial charge >= 0.3 is 5.97 Å². The number of rotatable bonds is 6. The number of ether oxygens (including phenoxy) is 1. The third-order valence-corrected chi connectivity index (χ3v) is 3.90. The van der Waals surface area contributed by atoms with Crippen LogP contribution in [0.3, 0.4) is 0 Å². The number of hydrogen-bond donors (Lipinski definition) is 0. The summed E-state index contributed by atoms with van der Waals surface area (Å²) in [5.41, 5.74) is 1.25. The Morgan fingerprint density at radius 3 is 2.68 bits per heavy atom. The fourth-order valence-electron chi connectivity index (χ4n) is 2.27. The molecule has 0 amide bonds. The van der Waals surface area contributed by atoms with Crippen molar-refractivity contribution in [2.45, 2.75) is 13.0 Å². The number of benzene rings is 2. The molecule has 1 atom stereocenters. The van der Waals surface area contributed by atoms with Crippen LogP contribution in [0.25, 0.3) is 17.5 Å². The number of esters is 1. The Bertz CT molecular complexity index is 1030. The van der Waals surface area contributed by atoms with E-state index >= 15 is 0 Å². The van der Waals surface area contributed by atoms with Crippen molar-refractivity contribution < 1.29 is 18.9 Å². The van der Waals surface area contributed by atoms with Gasteiger partial charge in [-0.05, 0) is 48.9 Å². The van der Waals surface area contributed by atoms with Crippen LogP contribution in [0.4, 0.5) is 5.69 Å². The molecular formula is C19H14ClN3O5. The number of nitro groups is 1. The normalized spacial score (nSPS) is 12.1. The topological polar surface area (TPSA) is 108 Å². The summed E-state index contributed by atoms with van der Waals surface area (Å²) in [7, 11) is 0. The predicted octanol–water partition coefficient (Wildman–Crippen LogP) is 4.62. The van der Waals surface area contributed by atoms with Crippen molar-refractivity contribution in [3.63, 3.8) is 0 Å². The fourth-order valence-corrected chi connectivity index (χ4v) is 2.46. The quantitative estimate of drug-likeness (QED) is 0.257. The Kier molecular flexibility index (Phi) is 5.81. The third-order valence-electron chi connectivity index (χ3n) is 3.67. The van der Waals surface area contributed by atoms with Crippen LogP contribution in [0.5, 0.6) is 0 Å². The van der Waals surface area contributed by atoms with Crippen LogP contribution in [0.15, 0.2) is 59.0 Å². The molecule has 0 aliphatic rings. The Morgan fingerprint density at radius 2 is 2.00 bits per heavy atom. The Balaban J connectivity index is 1.62. The molecule has 142 valence electrons. The Hall–Kier alpha value is -3.52. The van der Waals surface area contributed by atoms with Crippen molar-refractivity contribution in [1.29, 1.82) is 0 Å². The molecule has 0 aliphatic carbocycles. The smallest absolute Gasteiger partial charge is 0.331 e. The van der Waals surface area contributed by atoms with Gasteiger partial charge in [0.1, 0.15) is 0 Å². The standard InChI is InChI=1S/C19H14ClN3O5/c1-12(18-21-22-19(28-18)14-3-2-4-15(20)11-14)27-17(24)10-7-13-5-8-16(9-6-13)23(25)26/h2-12H,1H3/b10-7+/t12-/m1/s1. The molecule has 1 aromatic heterocycles. The zero-order valence-electron chi connectivity index (χ0n) is 14.6. The van der Waals surface area contributed by atoms with Crippen LogP contribution in [0.2, 0.25) is 5.02 Å². The summed E-state index contributed by atoms with van der Waals surface area (Å²) < 4.78 is 10.8. The molecule has 8 nitrogen and oxygen atoms in total. The number of carbonyl (C=O) groups is 1. The highest BCUT2D eigenvalue weighted by atomic mass is 35.5. The predicted molar refractivity (Wildman–Crippen MR) is 101 cm³/mol. The van der Waals surface area contributed by atoms with Gasteiger partial charge in [0.15, 0.2) is 6.10 Å². The Morgan fingerprint density at radius 1 is 1.25 bits per heavy atom. The van der Waals surface area contributed by atoms with Crippen molar-refractivity contribution in [2.24, 2.45) is 0 Å². The minimum atomic E-state index is -0.755. The van der Waals surface area contributed by atoms with Gasteiger partial charge in [-0.15, -0.1) is 10.2 Å². The second-order valence-electron chi connectivity index (χ2n) is 5.72. The van der Waals surface area contributed by atoms with E-state index in [0.29, 0.717) is 16.1 Å². The minimum Gasteiger partial charge on any atom is -0.449 e. The lowest BCUT2D eigenvalue weighted by Gasteiger charge is -2.06. The lowest BCUT2D eigenvalue weighted by atomic mass is 10.2. The molecule has 28 heavy (non-hydrogen) atoms. The SMILES string of the molecule is C[C@@H](OC(=O)/C=C/c1ccc([N+](=O)[O-])cc1)c1nnc(-c2cccc(Cl)c2)o1. The monoisotopic (exact) mass is 399 g/mol. The number of aromatic nitrogens is 2. The second-order valence-corrected chi connectivity index (χ2v) is 6.15. The number of carbonyl (C=O) groups excluding carboxylic acids is 1. The second kappa shape index (κ2) is 8.45. The molecule has 3 rings (SSSR count). The van der Waals surface area contributed by atoms with Gasteiger partial charge in [0, 0.05) is 28.8 Å². The van der Waals surface area contributed by atoms with Crippen LogP contribution in [-0.4, -0.2) is 21.1 Å². The lowest BCUT2D eigenvalue weighted by molar-refractivity contribution is -0.384. The van der Waals surface area contributed by atoms with E-state index in [-0.39, 0.29) is 17.5 Å². The van der Waals surface area contributed by atoms with E-state index in [1.165, 1.54) is 36.4 Å². The summed E-state index contributed by atoms with van der Waals surface area (Å²) in [4.78, 5) is 22.1. The zero-order chi connectivity index (χ0) is 20.1. The van der Waals surface area contributed by atoms with Gasteiger partial charge in [-0.3, -0.25) is 10.1 Å². The molecular weight excluding hydrogens is 386 g/mol. The van der Waals surface area contributed by atoms with Crippen LogP contribution < -0.4 is 0 Å². The first-order chi connectivity index (χ1) is 13.4. The highest BCUT2D eigenvalue weighted by Crippen LogP contribution is 2.24. The van der Waals surface area contributed by atoms with E-state index in [1.54, 1.807) is 31.2 Å². The van der Waals surface area contributed by atoms with Crippen LogP contribution in [0.1, 0.15) is 24.5 Å². The van der Waals surface area contributed by atoms with Gasteiger partial charge < -0.3 is 9.15 Å². The number of hydrogen-bond acceptors (Lipinski definition) is 7. The van der Waals surface area contributed by atoms with E-state index in [9.17, 15) is 14.9 Å². The van der Waals surface area contributed by atoms with Gasteiger partial charge in [0.25, 0.3) is 11.6 Å². The van der Waals surface area contributed by atoms with Gasteiger partial charge in [0.2, 0.25) is 5.89 Å². The van der Waals surface area contributed by atoms with Crippen molar-refractivity contribution in [3.05, 3.63) is 81.2 Å². The average molecular weight is 400 g/mol. The summed E-state index contributed by atoms with van der Waals surface area (Å²) in [6, 6.07) is 12.7. The van der Waals surface area contributed by atoms with Crippen LogP contribution in [-0.2, 0) is 9.53 Å². The van der Waals surface area contributed by atoms with Crippen LogP contribution >= 0.6 is 11.6 Å². The lowest BCUT2D eigenvalue weighted by Crippen LogP contribution is -2.06. The molecule has 9 heteroatoms. The molecule has 0 unspecified atom stereocenters. The molecule has 0 fully saturated rings. The van der Waals surface area contributed by atoms with Gasteiger partial charge in [-0.2, -0.15) is 0 Å². The summed E-state index contributed by atoms with van der Waals surface area (Å²) in [5.74, 6) is -0.206. The fraction of sp³-hybridized carbons (Fsp3) is 0.105. The van der Waals surface area contributed by atoms with E-state index in [0.717, 1.165) is 0 Å². The van der Waals surface area contributed by atoms with Crippen LogP contribution in [0, 0.1) is 10.1 Å². The first-order valence-electron chi connectivity index (χ1n) is 8.15. The Labute approximate surface area is 164 Å². The number of nitro benzene ring substituents is 1. The molecule has 0 saturated heterocycles. The molecule has 3 aromatic rings. The molecule has 0 radical (unpaired) electrons. The maximum absolute atomic E-state index is 12.0. The molecule has 0 aliphatic heterocycles. The van der Waals surface area contributed by atoms with E-state index in [4.69, 9.17) is 20.8 Å². The largest absolute Gasteiger partial charge is 0.449 e. The molecule has 0 N–H and O–H groups in total. The van der Waals surface area contributed by atoms with Gasteiger partial charge in [-0.25, -0.2) is 4.79 Å².